The van der Waals surface area contributed by atoms with Crippen molar-refractivity contribution in [3.63, 3.8) is 0 Å². The summed E-state index contributed by atoms with van der Waals surface area (Å²) in [6.07, 6.45) is 5.26. The van der Waals surface area contributed by atoms with Gasteiger partial charge in [-0.05, 0) is 52.9 Å². The Balaban J connectivity index is 1.82. The van der Waals surface area contributed by atoms with Crippen LogP contribution < -0.4 is 0 Å². The standard InChI is InChI=1S/C13H25NO/c1-9(2)14(10(3)4)8-11-5-6-12-13(7-11)15-12/h9-13H,5-8H2,1-4H3. The quantitative estimate of drug-likeness (QED) is 0.664. The van der Waals surface area contributed by atoms with Gasteiger partial charge in [-0.2, -0.15) is 0 Å². The fourth-order valence-corrected chi connectivity index (χ4v) is 2.97. The Kier molecular flexibility index (Phi) is 3.36. The first-order valence-electron chi connectivity index (χ1n) is 6.49. The molecule has 2 nitrogen and oxygen atoms in total. The van der Waals surface area contributed by atoms with Gasteiger partial charge in [-0.3, -0.25) is 4.90 Å². The molecule has 2 heteroatoms. The first-order valence-corrected chi connectivity index (χ1v) is 6.49. The topological polar surface area (TPSA) is 15.8 Å². The van der Waals surface area contributed by atoms with Crippen molar-refractivity contribution >= 4 is 0 Å². The van der Waals surface area contributed by atoms with Gasteiger partial charge >= 0.3 is 0 Å². The number of hydrogen-bond donors (Lipinski definition) is 0. The molecule has 0 N–H and O–H groups in total. The summed E-state index contributed by atoms with van der Waals surface area (Å²) in [4.78, 5) is 2.62. The van der Waals surface area contributed by atoms with E-state index in [1.807, 2.05) is 0 Å². The highest BCUT2D eigenvalue weighted by Crippen LogP contribution is 2.39. The molecule has 3 unspecified atom stereocenters. The van der Waals surface area contributed by atoms with Crippen LogP contribution in [0, 0.1) is 5.92 Å². The molecule has 0 aromatic carbocycles. The summed E-state index contributed by atoms with van der Waals surface area (Å²) in [5, 5.41) is 0. The lowest BCUT2D eigenvalue weighted by Crippen LogP contribution is -2.41. The van der Waals surface area contributed by atoms with Crippen LogP contribution in [0.1, 0.15) is 47.0 Å². The Morgan fingerprint density at radius 1 is 1.07 bits per heavy atom. The van der Waals surface area contributed by atoms with Gasteiger partial charge in [0, 0.05) is 18.6 Å². The molecule has 2 aliphatic rings. The minimum atomic E-state index is 0.630. The molecule has 1 saturated carbocycles. The van der Waals surface area contributed by atoms with Gasteiger partial charge in [-0.15, -0.1) is 0 Å². The van der Waals surface area contributed by atoms with Gasteiger partial charge in [0.25, 0.3) is 0 Å². The van der Waals surface area contributed by atoms with Gasteiger partial charge in [-0.1, -0.05) is 0 Å². The van der Waals surface area contributed by atoms with Crippen LogP contribution in [0.15, 0.2) is 0 Å². The number of fused-ring (bicyclic) bond motifs is 1. The van der Waals surface area contributed by atoms with E-state index in [1.54, 1.807) is 0 Å². The molecule has 1 aliphatic carbocycles. The Labute approximate surface area is 94.0 Å². The molecule has 0 spiro atoms. The Morgan fingerprint density at radius 3 is 2.27 bits per heavy atom. The molecular weight excluding hydrogens is 186 g/mol. The molecule has 0 amide bonds. The lowest BCUT2D eigenvalue weighted by molar-refractivity contribution is 0.134. The highest BCUT2D eigenvalue weighted by atomic mass is 16.6. The molecule has 1 aliphatic heterocycles. The van der Waals surface area contributed by atoms with Crippen LogP contribution >= 0.6 is 0 Å². The molecule has 3 atom stereocenters. The lowest BCUT2D eigenvalue weighted by atomic mass is 9.88. The number of hydrogen-bond acceptors (Lipinski definition) is 2. The molecule has 0 bridgehead atoms. The van der Waals surface area contributed by atoms with Crippen molar-refractivity contribution in [2.75, 3.05) is 6.54 Å². The maximum atomic E-state index is 5.59. The maximum Gasteiger partial charge on any atom is 0.0845 e. The van der Waals surface area contributed by atoms with Crippen molar-refractivity contribution in [3.8, 4) is 0 Å². The summed E-state index contributed by atoms with van der Waals surface area (Å²) in [6.45, 7) is 10.5. The van der Waals surface area contributed by atoms with E-state index in [-0.39, 0.29) is 0 Å². The van der Waals surface area contributed by atoms with E-state index in [2.05, 4.69) is 32.6 Å². The minimum absolute atomic E-state index is 0.630. The van der Waals surface area contributed by atoms with Crippen LogP contribution in [0.25, 0.3) is 0 Å². The zero-order chi connectivity index (χ0) is 11.0. The fraction of sp³-hybridized carbons (Fsp3) is 1.00. The third-order valence-corrected chi connectivity index (χ3v) is 3.91. The summed E-state index contributed by atoms with van der Waals surface area (Å²) < 4.78 is 5.59. The second-order valence-electron chi connectivity index (χ2n) is 5.78. The minimum Gasteiger partial charge on any atom is -0.370 e. The van der Waals surface area contributed by atoms with Crippen LogP contribution in [0.5, 0.6) is 0 Å². The smallest absolute Gasteiger partial charge is 0.0845 e. The van der Waals surface area contributed by atoms with Gasteiger partial charge in [0.05, 0.1) is 12.2 Å². The zero-order valence-electron chi connectivity index (χ0n) is 10.6. The highest BCUT2D eigenvalue weighted by molar-refractivity contribution is 4.93. The number of rotatable bonds is 4. The molecule has 1 heterocycles. The predicted molar refractivity (Wildman–Crippen MR) is 63.0 cm³/mol. The highest BCUT2D eigenvalue weighted by Gasteiger charge is 2.44. The van der Waals surface area contributed by atoms with Gasteiger partial charge < -0.3 is 4.74 Å². The SMILES string of the molecule is CC(C)N(CC1CCC2OC2C1)C(C)C. The molecule has 2 rings (SSSR count). The summed E-state index contributed by atoms with van der Waals surface area (Å²) in [5.74, 6) is 0.874. The largest absolute Gasteiger partial charge is 0.370 e. The fourth-order valence-electron chi connectivity index (χ4n) is 2.97. The van der Waals surface area contributed by atoms with Crippen molar-refractivity contribution < 1.29 is 4.74 Å². The molecule has 2 fully saturated rings. The van der Waals surface area contributed by atoms with Gasteiger partial charge in [0.15, 0.2) is 0 Å². The lowest BCUT2D eigenvalue weighted by Gasteiger charge is -2.34. The maximum absolute atomic E-state index is 5.59. The van der Waals surface area contributed by atoms with E-state index in [1.165, 1.54) is 25.8 Å². The molecule has 0 aromatic rings. The van der Waals surface area contributed by atoms with Crippen molar-refractivity contribution in [1.82, 2.24) is 4.90 Å². The molecule has 1 saturated heterocycles. The van der Waals surface area contributed by atoms with Crippen LogP contribution in [0.2, 0.25) is 0 Å². The predicted octanol–water partition coefficient (Wildman–Crippen LogP) is 2.67. The summed E-state index contributed by atoms with van der Waals surface area (Å²) in [6, 6.07) is 1.34. The average Bonchev–Trinajstić information content (AvgIpc) is 2.90. The Bertz CT molecular complexity index is 207. The van der Waals surface area contributed by atoms with Crippen LogP contribution in [0.4, 0.5) is 0 Å². The Morgan fingerprint density at radius 2 is 1.73 bits per heavy atom. The second kappa shape index (κ2) is 4.42. The zero-order valence-corrected chi connectivity index (χ0v) is 10.6. The number of epoxide rings is 1. The van der Waals surface area contributed by atoms with Crippen molar-refractivity contribution in [2.45, 2.75) is 71.2 Å². The Hall–Kier alpha value is -0.0800. The van der Waals surface area contributed by atoms with E-state index in [4.69, 9.17) is 4.74 Å². The van der Waals surface area contributed by atoms with E-state index in [0.717, 1.165) is 5.92 Å². The first kappa shape index (κ1) is 11.4. The number of nitrogens with zero attached hydrogens (tertiary/aromatic N) is 1. The van der Waals surface area contributed by atoms with E-state index < -0.39 is 0 Å². The van der Waals surface area contributed by atoms with Crippen LogP contribution in [-0.2, 0) is 4.74 Å². The summed E-state index contributed by atoms with van der Waals surface area (Å²) >= 11 is 0. The van der Waals surface area contributed by atoms with Crippen LogP contribution in [0.3, 0.4) is 0 Å². The summed E-state index contributed by atoms with van der Waals surface area (Å²) in [5.41, 5.74) is 0. The van der Waals surface area contributed by atoms with Crippen molar-refractivity contribution in [3.05, 3.63) is 0 Å². The first-order chi connectivity index (χ1) is 7.08. The van der Waals surface area contributed by atoms with Crippen molar-refractivity contribution in [2.24, 2.45) is 5.92 Å². The second-order valence-corrected chi connectivity index (χ2v) is 5.78. The molecular formula is C13H25NO. The van der Waals surface area contributed by atoms with Crippen LogP contribution in [-0.4, -0.2) is 35.7 Å². The third kappa shape index (κ3) is 2.73. The molecule has 0 radical (unpaired) electrons. The monoisotopic (exact) mass is 211 g/mol. The summed E-state index contributed by atoms with van der Waals surface area (Å²) in [7, 11) is 0. The van der Waals surface area contributed by atoms with Gasteiger partial charge in [0.1, 0.15) is 0 Å². The molecule has 15 heavy (non-hydrogen) atoms. The van der Waals surface area contributed by atoms with E-state index in [0.29, 0.717) is 24.3 Å². The number of ether oxygens (including phenoxy) is 1. The average molecular weight is 211 g/mol. The van der Waals surface area contributed by atoms with Gasteiger partial charge in [0.2, 0.25) is 0 Å². The van der Waals surface area contributed by atoms with Gasteiger partial charge in [-0.25, -0.2) is 0 Å². The third-order valence-electron chi connectivity index (χ3n) is 3.91. The van der Waals surface area contributed by atoms with E-state index in [9.17, 15) is 0 Å². The normalized spacial score (nSPS) is 35.0. The van der Waals surface area contributed by atoms with Crippen molar-refractivity contribution in [1.29, 1.82) is 0 Å². The van der Waals surface area contributed by atoms with E-state index >= 15 is 0 Å². The molecule has 0 aromatic heterocycles. The molecule has 88 valence electrons.